The van der Waals surface area contributed by atoms with Gasteiger partial charge in [0.05, 0.1) is 11.9 Å². The summed E-state index contributed by atoms with van der Waals surface area (Å²) in [5.74, 6) is 0. The first-order chi connectivity index (χ1) is 7.84. The summed E-state index contributed by atoms with van der Waals surface area (Å²) in [6.45, 7) is 0. The number of hydrogen-bond acceptors (Lipinski definition) is 5. The van der Waals surface area contributed by atoms with Crippen LogP contribution in [0.4, 0.5) is 0 Å². The van der Waals surface area contributed by atoms with E-state index in [1.807, 2.05) is 30.3 Å². The van der Waals surface area contributed by atoms with Crippen molar-refractivity contribution in [2.45, 2.75) is 5.37 Å². The summed E-state index contributed by atoms with van der Waals surface area (Å²) in [7, 11) is 0. The van der Waals surface area contributed by atoms with Gasteiger partial charge in [0.15, 0.2) is 5.37 Å². The first-order valence-corrected chi connectivity index (χ1v) is 5.74. The van der Waals surface area contributed by atoms with Crippen molar-refractivity contribution in [2.75, 3.05) is 0 Å². The number of hydroxylamine groups is 2. The first kappa shape index (κ1) is 9.62. The molecule has 0 saturated heterocycles. The minimum absolute atomic E-state index is 0.160. The highest BCUT2D eigenvalue weighted by Gasteiger charge is 2.31. The number of hydrogen-bond donors (Lipinski definition) is 1. The predicted molar refractivity (Wildman–Crippen MR) is 64.6 cm³/mol. The Kier molecular flexibility index (Phi) is 2.27. The normalized spacial score (nSPS) is 22.8. The van der Waals surface area contributed by atoms with Gasteiger partial charge in [-0.1, -0.05) is 42.1 Å². The summed E-state index contributed by atoms with van der Waals surface area (Å²) in [6.07, 6.45) is 3.07. The van der Waals surface area contributed by atoms with Gasteiger partial charge in [0, 0.05) is 5.56 Å². The lowest BCUT2D eigenvalue weighted by atomic mass is 10.2. The van der Waals surface area contributed by atoms with Gasteiger partial charge in [0.25, 0.3) is 0 Å². The molecule has 1 aromatic rings. The second kappa shape index (κ2) is 3.77. The number of rotatable bonds is 1. The minimum Gasteiger partial charge on any atom is -0.286 e. The molecular formula is C11H9N3OS. The van der Waals surface area contributed by atoms with Crippen LogP contribution in [0.1, 0.15) is 5.56 Å². The summed E-state index contributed by atoms with van der Waals surface area (Å²) in [5, 5.41) is 11.4. The van der Waals surface area contributed by atoms with Gasteiger partial charge in [-0.3, -0.25) is 5.21 Å². The molecule has 1 atom stereocenters. The second-order valence-electron chi connectivity index (χ2n) is 3.45. The Bertz CT molecular complexity index is 495. The standard InChI is InChI=1S/C11H9N3OS/c15-14-7-12-6-9-11(14)16-10(13-9)8-4-2-1-3-5-8/h1-7,11,15H. The second-order valence-corrected chi connectivity index (χ2v) is 4.52. The van der Waals surface area contributed by atoms with Gasteiger partial charge >= 0.3 is 0 Å². The molecule has 0 aliphatic carbocycles. The Morgan fingerprint density at radius 3 is 2.81 bits per heavy atom. The molecular weight excluding hydrogens is 222 g/mol. The molecule has 1 aromatic carbocycles. The SMILES string of the molecule is ON1C=NC=C2N=C(c3ccccc3)SC21. The zero-order valence-electron chi connectivity index (χ0n) is 8.32. The smallest absolute Gasteiger partial charge is 0.152 e. The molecule has 1 N–H and O–H groups in total. The van der Waals surface area contributed by atoms with Crippen LogP contribution in [0.25, 0.3) is 0 Å². The minimum atomic E-state index is -0.160. The van der Waals surface area contributed by atoms with Crippen LogP contribution in [-0.4, -0.2) is 27.0 Å². The van der Waals surface area contributed by atoms with Crippen LogP contribution in [0.5, 0.6) is 0 Å². The van der Waals surface area contributed by atoms with Crippen LogP contribution in [0, 0.1) is 0 Å². The van der Waals surface area contributed by atoms with Crippen molar-refractivity contribution >= 4 is 23.1 Å². The number of benzene rings is 1. The fourth-order valence-electron chi connectivity index (χ4n) is 1.60. The molecule has 1 unspecified atom stereocenters. The zero-order valence-corrected chi connectivity index (χ0v) is 9.13. The van der Waals surface area contributed by atoms with E-state index in [0.29, 0.717) is 0 Å². The van der Waals surface area contributed by atoms with E-state index >= 15 is 0 Å². The third-order valence-corrected chi connectivity index (χ3v) is 3.59. The van der Waals surface area contributed by atoms with Gasteiger partial charge < -0.3 is 0 Å². The molecule has 0 saturated carbocycles. The average molecular weight is 231 g/mol. The van der Waals surface area contributed by atoms with Gasteiger partial charge in [0.2, 0.25) is 0 Å². The van der Waals surface area contributed by atoms with Crippen molar-refractivity contribution in [3.63, 3.8) is 0 Å². The van der Waals surface area contributed by atoms with Crippen LogP contribution < -0.4 is 0 Å². The highest BCUT2D eigenvalue weighted by molar-refractivity contribution is 8.15. The molecule has 4 nitrogen and oxygen atoms in total. The van der Waals surface area contributed by atoms with E-state index in [0.717, 1.165) is 21.4 Å². The van der Waals surface area contributed by atoms with E-state index in [1.165, 1.54) is 18.1 Å². The largest absolute Gasteiger partial charge is 0.286 e. The van der Waals surface area contributed by atoms with Crippen molar-refractivity contribution in [3.8, 4) is 0 Å². The lowest BCUT2D eigenvalue weighted by molar-refractivity contribution is -0.0108. The van der Waals surface area contributed by atoms with E-state index < -0.39 is 0 Å². The number of aliphatic imine (C=N–C) groups is 2. The third kappa shape index (κ3) is 1.54. The highest BCUT2D eigenvalue weighted by atomic mass is 32.2. The van der Waals surface area contributed by atoms with Crippen molar-refractivity contribution in [2.24, 2.45) is 9.98 Å². The predicted octanol–water partition coefficient (Wildman–Crippen LogP) is 2.08. The number of nitrogens with zero attached hydrogens (tertiary/aromatic N) is 3. The van der Waals surface area contributed by atoms with Gasteiger partial charge in [-0.2, -0.15) is 0 Å². The van der Waals surface area contributed by atoms with Gasteiger partial charge in [-0.05, 0) is 0 Å². The van der Waals surface area contributed by atoms with Crippen LogP contribution in [0.15, 0.2) is 52.2 Å². The van der Waals surface area contributed by atoms with Gasteiger partial charge in [0.1, 0.15) is 11.4 Å². The Hall–Kier alpha value is -1.59. The van der Waals surface area contributed by atoms with E-state index in [9.17, 15) is 5.21 Å². The third-order valence-electron chi connectivity index (χ3n) is 2.36. The molecule has 2 heterocycles. The highest BCUT2D eigenvalue weighted by Crippen LogP contribution is 2.35. The lowest BCUT2D eigenvalue weighted by Gasteiger charge is -2.20. The fraction of sp³-hybridized carbons (Fsp3) is 0.0909. The molecule has 2 aliphatic heterocycles. The molecule has 3 rings (SSSR count). The van der Waals surface area contributed by atoms with Crippen molar-refractivity contribution in [3.05, 3.63) is 47.8 Å². The fourth-order valence-corrected chi connectivity index (χ4v) is 2.64. The maximum absolute atomic E-state index is 9.59. The van der Waals surface area contributed by atoms with Crippen LogP contribution >= 0.6 is 11.8 Å². The molecule has 0 fully saturated rings. The van der Waals surface area contributed by atoms with Gasteiger partial charge in [-0.15, -0.1) is 0 Å². The Balaban J connectivity index is 1.94. The number of fused-ring (bicyclic) bond motifs is 1. The van der Waals surface area contributed by atoms with E-state index in [2.05, 4.69) is 9.98 Å². The summed E-state index contributed by atoms with van der Waals surface area (Å²) < 4.78 is 0. The summed E-state index contributed by atoms with van der Waals surface area (Å²) >= 11 is 1.52. The average Bonchev–Trinajstić information content (AvgIpc) is 2.76. The molecule has 5 heteroatoms. The maximum Gasteiger partial charge on any atom is 0.152 e. The zero-order chi connectivity index (χ0) is 11.0. The lowest BCUT2D eigenvalue weighted by Crippen LogP contribution is -2.29. The molecule has 80 valence electrons. The van der Waals surface area contributed by atoms with E-state index in [1.54, 1.807) is 6.20 Å². The topological polar surface area (TPSA) is 48.2 Å². The monoisotopic (exact) mass is 231 g/mol. The maximum atomic E-state index is 9.59. The summed E-state index contributed by atoms with van der Waals surface area (Å²) in [5.41, 5.74) is 1.85. The van der Waals surface area contributed by atoms with Crippen molar-refractivity contribution < 1.29 is 5.21 Å². The van der Waals surface area contributed by atoms with Crippen LogP contribution in [0.3, 0.4) is 0 Å². The molecule has 0 amide bonds. The van der Waals surface area contributed by atoms with Crippen molar-refractivity contribution in [1.82, 2.24) is 5.06 Å². The molecule has 2 aliphatic rings. The summed E-state index contributed by atoms with van der Waals surface area (Å²) in [4.78, 5) is 8.35. The summed E-state index contributed by atoms with van der Waals surface area (Å²) in [6, 6.07) is 9.93. The van der Waals surface area contributed by atoms with Crippen molar-refractivity contribution in [1.29, 1.82) is 0 Å². The molecule has 0 aromatic heterocycles. The Labute approximate surface area is 97.0 Å². The van der Waals surface area contributed by atoms with Gasteiger partial charge in [-0.25, -0.2) is 15.0 Å². The van der Waals surface area contributed by atoms with E-state index in [-0.39, 0.29) is 5.37 Å². The Morgan fingerprint density at radius 2 is 2.06 bits per heavy atom. The number of thioether (sulfide) groups is 1. The van der Waals surface area contributed by atoms with Crippen LogP contribution in [0.2, 0.25) is 0 Å². The van der Waals surface area contributed by atoms with E-state index in [4.69, 9.17) is 0 Å². The Morgan fingerprint density at radius 1 is 1.25 bits per heavy atom. The first-order valence-electron chi connectivity index (χ1n) is 4.86. The molecule has 0 spiro atoms. The molecule has 0 bridgehead atoms. The quantitative estimate of drug-likeness (QED) is 0.805. The molecule has 0 radical (unpaired) electrons. The van der Waals surface area contributed by atoms with Crippen LogP contribution in [-0.2, 0) is 0 Å². The molecule has 16 heavy (non-hydrogen) atoms.